The van der Waals surface area contributed by atoms with Gasteiger partial charge in [-0.2, -0.15) is 13.2 Å². The summed E-state index contributed by atoms with van der Waals surface area (Å²) in [6.07, 6.45) is -4.23. The highest BCUT2D eigenvalue weighted by Gasteiger charge is 2.30. The average Bonchev–Trinajstić information content (AvgIpc) is 2.66. The van der Waals surface area contributed by atoms with E-state index in [2.05, 4.69) is 0 Å². The smallest absolute Gasteiger partial charge is 0.352 e. The maximum absolute atomic E-state index is 12.1. The van der Waals surface area contributed by atoms with Crippen molar-refractivity contribution < 1.29 is 21.6 Å². The Morgan fingerprint density at radius 2 is 2.00 bits per heavy atom. The largest absolute Gasteiger partial charge is 0.390 e. The van der Waals surface area contributed by atoms with Crippen LogP contribution < -0.4 is 5.73 Å². The maximum Gasteiger partial charge on any atom is 0.390 e. The molecule has 5 nitrogen and oxygen atoms in total. The summed E-state index contributed by atoms with van der Waals surface area (Å²) in [5.41, 5.74) is 6.01. The lowest BCUT2D eigenvalue weighted by atomic mass is 10.4. The Morgan fingerprint density at radius 1 is 1.42 bits per heavy atom. The number of aryl methyl sites for hydroxylation is 1. The van der Waals surface area contributed by atoms with Crippen LogP contribution in [0.1, 0.15) is 12.1 Å². The van der Waals surface area contributed by atoms with Crippen LogP contribution >= 0.6 is 0 Å². The molecule has 1 aromatic rings. The number of hydrogen-bond donors (Lipinski definition) is 1. The summed E-state index contributed by atoms with van der Waals surface area (Å²) in [5, 5.41) is 0. The average molecular weight is 299 g/mol. The highest BCUT2D eigenvalue weighted by molar-refractivity contribution is 7.89. The number of nitrogens with two attached hydrogens (primary N) is 1. The number of sulfonamides is 1. The molecule has 19 heavy (non-hydrogen) atoms. The summed E-state index contributed by atoms with van der Waals surface area (Å²) in [5.74, 6) is 0. The van der Waals surface area contributed by atoms with E-state index in [1.165, 1.54) is 16.8 Å². The summed E-state index contributed by atoms with van der Waals surface area (Å²) < 4.78 is 62.6. The minimum Gasteiger partial charge on any atom is -0.352 e. The molecule has 0 unspecified atom stereocenters. The molecule has 110 valence electrons. The Labute approximate surface area is 109 Å². The lowest BCUT2D eigenvalue weighted by molar-refractivity contribution is -0.135. The van der Waals surface area contributed by atoms with Crippen LogP contribution in [0.25, 0.3) is 0 Å². The SMILES string of the molecule is CN(CCC(F)(F)F)S(=O)(=O)c1cc(CN)n(C)c1. The Bertz CT molecular complexity index is 537. The van der Waals surface area contributed by atoms with Crippen LogP contribution in [0, 0.1) is 0 Å². The predicted molar refractivity (Wildman–Crippen MR) is 63.8 cm³/mol. The van der Waals surface area contributed by atoms with Crippen molar-refractivity contribution in [2.24, 2.45) is 12.8 Å². The Balaban J connectivity index is 2.90. The second kappa shape index (κ2) is 5.51. The standard InChI is InChI=1S/C10H16F3N3O2S/c1-15-7-9(5-8(15)6-14)19(17,18)16(2)4-3-10(11,12)13/h5,7H,3-4,6,14H2,1-2H3. The van der Waals surface area contributed by atoms with Crippen molar-refractivity contribution in [2.75, 3.05) is 13.6 Å². The molecule has 0 amide bonds. The van der Waals surface area contributed by atoms with E-state index in [9.17, 15) is 21.6 Å². The molecule has 0 aliphatic carbocycles. The van der Waals surface area contributed by atoms with Gasteiger partial charge in [0.15, 0.2) is 0 Å². The Kier molecular flexibility index (Phi) is 4.64. The molecule has 1 heterocycles. The molecule has 1 rings (SSSR count). The summed E-state index contributed by atoms with van der Waals surface area (Å²) >= 11 is 0. The molecule has 0 spiro atoms. The molecule has 2 N–H and O–H groups in total. The minimum absolute atomic E-state index is 0.0554. The third-order valence-corrected chi connectivity index (χ3v) is 4.53. The second-order valence-corrected chi connectivity index (χ2v) is 6.22. The zero-order valence-electron chi connectivity index (χ0n) is 10.6. The van der Waals surface area contributed by atoms with Crippen LogP contribution in [0.3, 0.4) is 0 Å². The van der Waals surface area contributed by atoms with Gasteiger partial charge in [0.25, 0.3) is 0 Å². The van der Waals surface area contributed by atoms with E-state index in [4.69, 9.17) is 5.73 Å². The van der Waals surface area contributed by atoms with E-state index in [0.29, 0.717) is 10.00 Å². The van der Waals surface area contributed by atoms with Crippen molar-refractivity contribution in [3.05, 3.63) is 18.0 Å². The maximum atomic E-state index is 12.1. The fraction of sp³-hybridized carbons (Fsp3) is 0.600. The fourth-order valence-corrected chi connectivity index (χ4v) is 2.77. The molecule has 0 saturated heterocycles. The second-order valence-electron chi connectivity index (χ2n) is 4.17. The molecule has 0 bridgehead atoms. The Morgan fingerprint density at radius 3 is 2.42 bits per heavy atom. The van der Waals surface area contributed by atoms with Gasteiger partial charge in [-0.25, -0.2) is 12.7 Å². The lowest BCUT2D eigenvalue weighted by Crippen LogP contribution is -2.30. The third-order valence-electron chi connectivity index (χ3n) is 2.71. The number of hydrogen-bond acceptors (Lipinski definition) is 3. The summed E-state index contributed by atoms with van der Waals surface area (Å²) in [4.78, 5) is -0.0554. The molecule has 0 radical (unpaired) electrons. The van der Waals surface area contributed by atoms with E-state index < -0.39 is 29.2 Å². The first-order valence-electron chi connectivity index (χ1n) is 5.46. The highest BCUT2D eigenvalue weighted by atomic mass is 32.2. The van der Waals surface area contributed by atoms with Gasteiger partial charge >= 0.3 is 6.18 Å². The molecular formula is C10H16F3N3O2S. The number of rotatable bonds is 5. The first-order valence-corrected chi connectivity index (χ1v) is 6.90. The van der Waals surface area contributed by atoms with Crippen LogP contribution in [0.2, 0.25) is 0 Å². The first-order chi connectivity index (χ1) is 8.58. The van der Waals surface area contributed by atoms with Gasteiger partial charge in [0.2, 0.25) is 10.0 Å². The van der Waals surface area contributed by atoms with Gasteiger partial charge in [-0.1, -0.05) is 0 Å². The third kappa shape index (κ3) is 3.95. The van der Waals surface area contributed by atoms with Gasteiger partial charge in [-0.15, -0.1) is 0 Å². The van der Waals surface area contributed by atoms with Crippen molar-refractivity contribution in [2.45, 2.75) is 24.0 Å². The van der Waals surface area contributed by atoms with E-state index in [1.807, 2.05) is 0 Å². The molecule has 0 saturated carbocycles. The number of aromatic nitrogens is 1. The topological polar surface area (TPSA) is 68.3 Å². The van der Waals surface area contributed by atoms with Crippen molar-refractivity contribution in [3.63, 3.8) is 0 Å². The van der Waals surface area contributed by atoms with Gasteiger partial charge in [0.1, 0.15) is 4.90 Å². The van der Waals surface area contributed by atoms with Crippen LogP contribution in [0.15, 0.2) is 17.2 Å². The fourth-order valence-electron chi connectivity index (χ4n) is 1.51. The molecule has 1 aromatic heterocycles. The van der Waals surface area contributed by atoms with Gasteiger partial charge < -0.3 is 10.3 Å². The van der Waals surface area contributed by atoms with Gasteiger partial charge in [-0.05, 0) is 6.07 Å². The lowest BCUT2D eigenvalue weighted by Gasteiger charge is -2.17. The van der Waals surface area contributed by atoms with Gasteiger partial charge in [0, 0.05) is 39.1 Å². The minimum atomic E-state index is -4.39. The summed E-state index contributed by atoms with van der Waals surface area (Å²) in [7, 11) is -1.17. The molecule has 0 aliphatic heterocycles. The molecule has 9 heteroatoms. The highest BCUT2D eigenvalue weighted by Crippen LogP contribution is 2.22. The zero-order chi connectivity index (χ0) is 14.8. The van der Waals surface area contributed by atoms with Gasteiger partial charge in [0.05, 0.1) is 6.42 Å². The Hall–Kier alpha value is -1.06. The quantitative estimate of drug-likeness (QED) is 0.884. The summed E-state index contributed by atoms with van der Waals surface area (Å²) in [6.45, 7) is -0.461. The molecule has 0 atom stereocenters. The van der Waals surface area contributed by atoms with E-state index in [1.54, 1.807) is 7.05 Å². The van der Waals surface area contributed by atoms with Crippen molar-refractivity contribution in [3.8, 4) is 0 Å². The van der Waals surface area contributed by atoms with E-state index in [-0.39, 0.29) is 11.4 Å². The summed E-state index contributed by atoms with van der Waals surface area (Å²) in [6, 6.07) is 1.36. The monoisotopic (exact) mass is 299 g/mol. The molecule has 0 aliphatic rings. The van der Waals surface area contributed by atoms with Crippen molar-refractivity contribution in [1.82, 2.24) is 8.87 Å². The molecule has 0 fully saturated rings. The van der Waals surface area contributed by atoms with E-state index in [0.717, 1.165) is 7.05 Å². The van der Waals surface area contributed by atoms with Crippen LogP contribution in [-0.2, 0) is 23.6 Å². The van der Waals surface area contributed by atoms with Gasteiger partial charge in [-0.3, -0.25) is 0 Å². The first kappa shape index (κ1) is 16.0. The predicted octanol–water partition coefficient (Wildman–Crippen LogP) is 1.06. The number of halogens is 3. The molecular weight excluding hydrogens is 283 g/mol. The van der Waals surface area contributed by atoms with Crippen molar-refractivity contribution >= 4 is 10.0 Å². The van der Waals surface area contributed by atoms with Crippen molar-refractivity contribution in [1.29, 1.82) is 0 Å². The van der Waals surface area contributed by atoms with Crippen LogP contribution in [0.5, 0.6) is 0 Å². The van der Waals surface area contributed by atoms with Crippen LogP contribution in [-0.4, -0.2) is 37.1 Å². The number of nitrogens with zero attached hydrogens (tertiary/aromatic N) is 2. The number of alkyl halides is 3. The van der Waals surface area contributed by atoms with E-state index >= 15 is 0 Å². The molecule has 0 aromatic carbocycles. The normalized spacial score (nSPS) is 13.2. The zero-order valence-corrected chi connectivity index (χ0v) is 11.4. The van der Waals surface area contributed by atoms with Crippen LogP contribution in [0.4, 0.5) is 13.2 Å².